The van der Waals surface area contributed by atoms with Crippen LogP contribution in [0.4, 0.5) is 16.4 Å². The smallest absolute Gasteiger partial charge is 0.410 e. The lowest BCUT2D eigenvalue weighted by Gasteiger charge is -2.39. The topological polar surface area (TPSA) is 195 Å². The number of rotatable bonds is 9. The Balaban J connectivity index is 1.25. The number of nitrogen functional groups attached to an aromatic ring is 1. The lowest BCUT2D eigenvalue weighted by molar-refractivity contribution is -0.110. The van der Waals surface area contributed by atoms with Crippen molar-refractivity contribution in [2.75, 3.05) is 44.0 Å². The summed E-state index contributed by atoms with van der Waals surface area (Å²) in [6, 6.07) is 0. The van der Waals surface area contributed by atoms with Gasteiger partial charge in [-0.15, -0.1) is 0 Å². The average molecular weight is 562 g/mol. The third-order valence-corrected chi connectivity index (χ3v) is 7.69. The molecule has 1 aliphatic carbocycles. The van der Waals surface area contributed by atoms with Crippen molar-refractivity contribution < 1.29 is 23.6 Å². The number of piperidine rings is 1. The summed E-state index contributed by atoms with van der Waals surface area (Å²) in [5.41, 5.74) is 8.08. The number of ether oxygens (including phenoxy) is 2. The Kier molecular flexibility index (Phi) is 7.07. The van der Waals surface area contributed by atoms with Gasteiger partial charge >= 0.3 is 6.09 Å². The Hall–Kier alpha value is -4.46. The van der Waals surface area contributed by atoms with Crippen LogP contribution in [0.25, 0.3) is 11.4 Å². The quantitative estimate of drug-likeness (QED) is 0.255. The number of carbonyl (C=O) groups excluding carboxylic acids is 2. The third-order valence-electron chi connectivity index (χ3n) is 7.69. The van der Waals surface area contributed by atoms with Gasteiger partial charge < -0.3 is 29.9 Å². The van der Waals surface area contributed by atoms with Gasteiger partial charge in [0.15, 0.2) is 17.9 Å². The van der Waals surface area contributed by atoms with E-state index in [9.17, 15) is 9.59 Å². The number of nitrogens with one attached hydrogen (secondary N) is 2. The van der Waals surface area contributed by atoms with Crippen LogP contribution in [0.2, 0.25) is 0 Å². The highest BCUT2D eigenvalue weighted by Crippen LogP contribution is 2.45. The first kappa shape index (κ1) is 26.7. The summed E-state index contributed by atoms with van der Waals surface area (Å²) in [6.45, 7) is 3.82. The van der Waals surface area contributed by atoms with Crippen molar-refractivity contribution in [2.24, 2.45) is 0 Å². The molecule has 0 atom stereocenters. The van der Waals surface area contributed by atoms with Gasteiger partial charge in [-0.3, -0.25) is 10.2 Å². The van der Waals surface area contributed by atoms with Crippen LogP contribution in [0.15, 0.2) is 23.2 Å². The van der Waals surface area contributed by atoms with E-state index in [1.54, 1.807) is 17.3 Å². The van der Waals surface area contributed by atoms with E-state index < -0.39 is 6.09 Å². The van der Waals surface area contributed by atoms with E-state index >= 15 is 0 Å². The first-order valence-corrected chi connectivity index (χ1v) is 13.6. The lowest BCUT2D eigenvalue weighted by atomic mass is 9.91. The van der Waals surface area contributed by atoms with Crippen LogP contribution in [-0.4, -0.2) is 86.5 Å². The van der Waals surface area contributed by atoms with Crippen LogP contribution in [0.3, 0.4) is 0 Å². The van der Waals surface area contributed by atoms with E-state index in [0.717, 1.165) is 31.2 Å². The van der Waals surface area contributed by atoms with E-state index in [4.69, 9.17) is 25.1 Å². The normalized spacial score (nSPS) is 18.4. The summed E-state index contributed by atoms with van der Waals surface area (Å²) in [5, 5.41) is 16.8. The molecule has 14 nitrogen and oxygen atoms in total. The molecule has 3 aromatic heterocycles. The van der Waals surface area contributed by atoms with Gasteiger partial charge in [-0.1, -0.05) is 5.16 Å². The molecule has 1 saturated carbocycles. The Morgan fingerprint density at radius 1 is 1.17 bits per heavy atom. The molecular formula is C27H31N9O5. The molecule has 14 heteroatoms. The predicted octanol–water partition coefficient (Wildman–Crippen LogP) is 2.51. The van der Waals surface area contributed by atoms with Gasteiger partial charge in [-0.05, 0) is 44.1 Å². The van der Waals surface area contributed by atoms with Crippen LogP contribution < -0.4 is 11.1 Å². The molecule has 2 saturated heterocycles. The zero-order valence-corrected chi connectivity index (χ0v) is 22.6. The summed E-state index contributed by atoms with van der Waals surface area (Å²) in [7, 11) is 0. The molecule has 6 rings (SSSR count). The SMILES string of the molecule is CC1(Nc2ncnc(N)c2C(=N)c2noc(C3CC3)c2-c2ncc(C3CCN(C(=O)OCC=O)CC3)cn2)COC1. The number of anilines is 2. The summed E-state index contributed by atoms with van der Waals surface area (Å²) >= 11 is 0. The van der Waals surface area contributed by atoms with Crippen LogP contribution >= 0.6 is 0 Å². The number of aromatic nitrogens is 5. The Labute approximate surface area is 235 Å². The summed E-state index contributed by atoms with van der Waals surface area (Å²) in [6.07, 6.45) is 8.39. The van der Waals surface area contributed by atoms with Gasteiger partial charge in [0, 0.05) is 31.4 Å². The van der Waals surface area contributed by atoms with Gasteiger partial charge in [0.1, 0.15) is 30.3 Å². The van der Waals surface area contributed by atoms with Crippen LogP contribution in [0.5, 0.6) is 0 Å². The van der Waals surface area contributed by atoms with Gasteiger partial charge in [-0.2, -0.15) is 0 Å². The van der Waals surface area contributed by atoms with Crippen molar-refractivity contribution in [1.29, 1.82) is 5.41 Å². The van der Waals surface area contributed by atoms with Gasteiger partial charge in [0.2, 0.25) is 0 Å². The summed E-state index contributed by atoms with van der Waals surface area (Å²) < 4.78 is 16.0. The molecule has 1 amide bonds. The van der Waals surface area contributed by atoms with E-state index in [1.165, 1.54) is 6.33 Å². The van der Waals surface area contributed by atoms with Crippen LogP contribution in [-0.2, 0) is 14.3 Å². The van der Waals surface area contributed by atoms with Crippen molar-refractivity contribution >= 4 is 29.7 Å². The molecule has 0 unspecified atom stereocenters. The number of aldehydes is 1. The number of carbonyl (C=O) groups is 2. The maximum Gasteiger partial charge on any atom is 0.410 e. The second-order valence-corrected chi connectivity index (χ2v) is 10.9. The Morgan fingerprint density at radius 2 is 1.90 bits per heavy atom. The fourth-order valence-electron chi connectivity index (χ4n) is 5.21. The maximum atomic E-state index is 12.0. The zero-order valence-electron chi connectivity index (χ0n) is 22.6. The molecule has 5 heterocycles. The molecule has 0 aromatic carbocycles. The van der Waals surface area contributed by atoms with E-state index in [-0.39, 0.29) is 41.2 Å². The van der Waals surface area contributed by atoms with Crippen molar-refractivity contribution in [1.82, 2.24) is 30.0 Å². The number of hydrogen-bond donors (Lipinski definition) is 3. The third kappa shape index (κ3) is 5.34. The number of hydrogen-bond acceptors (Lipinski definition) is 13. The van der Waals surface area contributed by atoms with Crippen molar-refractivity contribution in [3.05, 3.63) is 41.3 Å². The molecule has 0 bridgehead atoms. The molecule has 3 aromatic rings. The number of likely N-dealkylation sites (tertiary alicyclic amines) is 1. The van der Waals surface area contributed by atoms with Crippen LogP contribution in [0.1, 0.15) is 67.0 Å². The van der Waals surface area contributed by atoms with Crippen molar-refractivity contribution in [3.63, 3.8) is 0 Å². The summed E-state index contributed by atoms with van der Waals surface area (Å²) in [4.78, 5) is 42.0. The Bertz CT molecular complexity index is 1460. The maximum absolute atomic E-state index is 12.0. The fraction of sp³-hybridized carbons (Fsp3) is 0.481. The second kappa shape index (κ2) is 10.8. The van der Waals surface area contributed by atoms with Crippen molar-refractivity contribution in [3.8, 4) is 11.4 Å². The molecule has 0 spiro atoms. The van der Waals surface area contributed by atoms with E-state index in [2.05, 4.69) is 30.4 Å². The summed E-state index contributed by atoms with van der Waals surface area (Å²) in [5.74, 6) is 2.01. The number of nitrogens with two attached hydrogens (primary N) is 1. The molecule has 214 valence electrons. The van der Waals surface area contributed by atoms with Crippen molar-refractivity contribution in [2.45, 2.75) is 50.0 Å². The van der Waals surface area contributed by atoms with Gasteiger partial charge in [-0.25, -0.2) is 24.7 Å². The van der Waals surface area contributed by atoms with Gasteiger partial charge in [0.05, 0.1) is 35.6 Å². The molecule has 0 radical (unpaired) electrons. The molecule has 41 heavy (non-hydrogen) atoms. The number of nitrogens with zero attached hydrogens (tertiary/aromatic N) is 6. The standard InChI is InChI=1S/C27H31N9O5/c1-27(12-39-13-27)34-25-18(23(29)32-14-33-25)20(28)21-19(22(41-35-21)16-2-3-16)24-30-10-17(11-31-24)15-4-6-36(7-5-15)26(38)40-9-8-37/h8,10-11,14-16,28H,2-7,9,12-13H2,1H3,(H3,29,32,33,34). The Morgan fingerprint density at radius 3 is 2.54 bits per heavy atom. The monoisotopic (exact) mass is 561 g/mol. The van der Waals surface area contributed by atoms with Gasteiger partial charge in [0.25, 0.3) is 0 Å². The molecule has 2 aliphatic heterocycles. The molecule has 4 N–H and O–H groups in total. The lowest BCUT2D eigenvalue weighted by Crippen LogP contribution is -2.53. The largest absolute Gasteiger partial charge is 0.442 e. The first-order valence-electron chi connectivity index (χ1n) is 13.6. The number of amides is 1. The second-order valence-electron chi connectivity index (χ2n) is 10.9. The predicted molar refractivity (Wildman–Crippen MR) is 146 cm³/mol. The minimum Gasteiger partial charge on any atom is -0.442 e. The zero-order chi connectivity index (χ0) is 28.6. The van der Waals surface area contributed by atoms with E-state index in [0.29, 0.717) is 61.1 Å². The minimum atomic E-state index is -0.477. The fourth-order valence-corrected chi connectivity index (χ4v) is 5.21. The average Bonchev–Trinajstić information content (AvgIpc) is 3.72. The molecular weight excluding hydrogens is 530 g/mol. The minimum absolute atomic E-state index is 0.0154. The first-order chi connectivity index (χ1) is 19.9. The highest BCUT2D eigenvalue weighted by atomic mass is 16.6. The van der Waals surface area contributed by atoms with E-state index in [1.807, 2.05) is 6.92 Å². The molecule has 3 fully saturated rings. The highest BCUT2D eigenvalue weighted by Gasteiger charge is 2.38. The highest BCUT2D eigenvalue weighted by molar-refractivity contribution is 6.17. The molecule has 3 aliphatic rings. The van der Waals surface area contributed by atoms with Crippen LogP contribution in [0, 0.1) is 5.41 Å².